The first-order valence-electron chi connectivity index (χ1n) is 11.3. The van der Waals surface area contributed by atoms with Gasteiger partial charge in [-0.1, -0.05) is 36.4 Å². The zero-order chi connectivity index (χ0) is 23.5. The number of oxazole rings is 1. The molecule has 4 aromatic rings. The van der Waals surface area contributed by atoms with E-state index in [1.807, 2.05) is 29.2 Å². The number of amides is 1. The van der Waals surface area contributed by atoms with Crippen molar-refractivity contribution in [2.45, 2.75) is 24.0 Å². The Hall–Kier alpha value is -3.19. The van der Waals surface area contributed by atoms with Crippen LogP contribution in [0.5, 0.6) is 0 Å². The van der Waals surface area contributed by atoms with Crippen LogP contribution in [-0.4, -0.2) is 34.6 Å². The highest BCUT2D eigenvalue weighted by atomic mass is 32.2. The van der Waals surface area contributed by atoms with E-state index in [0.29, 0.717) is 13.1 Å². The number of halogens is 2. The minimum atomic E-state index is -0.315. The van der Waals surface area contributed by atoms with Crippen molar-refractivity contribution in [2.24, 2.45) is 0 Å². The van der Waals surface area contributed by atoms with E-state index in [-0.39, 0.29) is 34.5 Å². The summed E-state index contributed by atoms with van der Waals surface area (Å²) >= 11 is 1.47. The van der Waals surface area contributed by atoms with Gasteiger partial charge in [0, 0.05) is 19.0 Å². The summed E-state index contributed by atoms with van der Waals surface area (Å²) in [5, 5.41) is -0.192. The van der Waals surface area contributed by atoms with E-state index in [1.54, 1.807) is 24.3 Å². The Bertz CT molecular complexity index is 1190. The Kier molecular flexibility index (Phi) is 6.63. The van der Waals surface area contributed by atoms with Gasteiger partial charge in [0.25, 0.3) is 0 Å². The zero-order valence-electron chi connectivity index (χ0n) is 18.5. The number of nitrogens with zero attached hydrogens (tertiary/aromatic N) is 2. The van der Waals surface area contributed by atoms with Crippen molar-refractivity contribution >= 4 is 28.8 Å². The zero-order valence-corrected chi connectivity index (χ0v) is 19.3. The Morgan fingerprint density at radius 3 is 2.12 bits per heavy atom. The van der Waals surface area contributed by atoms with E-state index in [9.17, 15) is 13.6 Å². The standard InChI is InChI=1S/C27H24F2N2O2S/c28-21-9-5-18(6-10-21)26(19-7-11-22(29)12-8-19)34-17-25(32)31-15-13-20(14-16-31)27-30-23-3-1-2-4-24(23)33-27/h1-12,20,26H,13-17H2. The fourth-order valence-electron chi connectivity index (χ4n) is 4.35. The lowest BCUT2D eigenvalue weighted by atomic mass is 9.97. The fraction of sp³-hybridized carbons (Fsp3) is 0.259. The molecule has 1 aromatic heterocycles. The Morgan fingerprint density at radius 1 is 0.941 bits per heavy atom. The minimum Gasteiger partial charge on any atom is -0.440 e. The number of hydrogen-bond donors (Lipinski definition) is 0. The molecule has 0 unspecified atom stereocenters. The predicted octanol–water partition coefficient (Wildman–Crippen LogP) is 6.33. The summed E-state index contributed by atoms with van der Waals surface area (Å²) in [6.07, 6.45) is 1.62. The quantitative estimate of drug-likeness (QED) is 0.325. The van der Waals surface area contributed by atoms with Crippen molar-refractivity contribution in [1.29, 1.82) is 0 Å². The maximum absolute atomic E-state index is 13.4. The summed E-state index contributed by atoms with van der Waals surface area (Å²) < 4.78 is 32.8. The minimum absolute atomic E-state index is 0.0650. The molecule has 5 rings (SSSR count). The number of rotatable bonds is 6. The van der Waals surface area contributed by atoms with Crippen LogP contribution in [-0.2, 0) is 4.79 Å². The molecular weight excluding hydrogens is 454 g/mol. The molecule has 1 saturated heterocycles. The molecule has 0 N–H and O–H groups in total. The van der Waals surface area contributed by atoms with Gasteiger partial charge in [0.05, 0.1) is 11.0 Å². The molecule has 4 nitrogen and oxygen atoms in total. The van der Waals surface area contributed by atoms with Crippen molar-refractivity contribution in [3.05, 3.63) is 101 Å². The number of likely N-dealkylation sites (tertiary alicyclic amines) is 1. The number of thioether (sulfide) groups is 1. The molecule has 0 atom stereocenters. The van der Waals surface area contributed by atoms with Crippen LogP contribution in [0.15, 0.2) is 77.2 Å². The van der Waals surface area contributed by atoms with Gasteiger partial charge >= 0.3 is 0 Å². The van der Waals surface area contributed by atoms with Gasteiger partial charge in [-0.15, -0.1) is 11.8 Å². The fourth-order valence-corrected chi connectivity index (χ4v) is 5.54. The molecule has 0 radical (unpaired) electrons. The SMILES string of the molecule is O=C(CSC(c1ccc(F)cc1)c1ccc(F)cc1)N1CCC(c2nc3ccccc3o2)CC1. The van der Waals surface area contributed by atoms with Gasteiger partial charge < -0.3 is 9.32 Å². The molecule has 0 spiro atoms. The van der Waals surface area contributed by atoms with Gasteiger partial charge in [-0.25, -0.2) is 13.8 Å². The van der Waals surface area contributed by atoms with Crippen LogP contribution < -0.4 is 0 Å². The van der Waals surface area contributed by atoms with Crippen LogP contribution in [0.4, 0.5) is 8.78 Å². The molecule has 0 aliphatic carbocycles. The van der Waals surface area contributed by atoms with Crippen LogP contribution in [0.1, 0.15) is 41.0 Å². The highest BCUT2D eigenvalue weighted by molar-refractivity contribution is 8.00. The summed E-state index contributed by atoms with van der Waals surface area (Å²) in [7, 11) is 0. The molecule has 1 amide bonds. The van der Waals surface area contributed by atoms with Gasteiger partial charge in [0.15, 0.2) is 11.5 Å². The predicted molar refractivity (Wildman–Crippen MR) is 130 cm³/mol. The van der Waals surface area contributed by atoms with Crippen molar-refractivity contribution < 1.29 is 18.0 Å². The van der Waals surface area contributed by atoms with Crippen LogP contribution >= 0.6 is 11.8 Å². The van der Waals surface area contributed by atoms with E-state index in [2.05, 4.69) is 4.98 Å². The van der Waals surface area contributed by atoms with Crippen molar-refractivity contribution in [3.8, 4) is 0 Å². The third-order valence-electron chi connectivity index (χ3n) is 6.23. The number of fused-ring (bicyclic) bond motifs is 1. The van der Waals surface area contributed by atoms with Crippen LogP contribution in [0, 0.1) is 11.6 Å². The second-order valence-electron chi connectivity index (χ2n) is 8.47. The van der Waals surface area contributed by atoms with Gasteiger partial charge in [-0.3, -0.25) is 4.79 Å². The maximum atomic E-state index is 13.4. The van der Waals surface area contributed by atoms with E-state index in [4.69, 9.17) is 4.42 Å². The van der Waals surface area contributed by atoms with Crippen molar-refractivity contribution in [3.63, 3.8) is 0 Å². The van der Waals surface area contributed by atoms with Crippen molar-refractivity contribution in [2.75, 3.05) is 18.8 Å². The lowest BCUT2D eigenvalue weighted by molar-refractivity contribution is -0.129. The summed E-state index contributed by atoms with van der Waals surface area (Å²) in [4.78, 5) is 19.5. The number of para-hydroxylation sites is 2. The molecule has 1 fully saturated rings. The van der Waals surface area contributed by atoms with Gasteiger partial charge in [-0.05, 0) is 60.4 Å². The lowest BCUT2D eigenvalue weighted by Crippen LogP contribution is -2.39. The molecule has 7 heteroatoms. The number of hydrogen-bond acceptors (Lipinski definition) is 4. The summed E-state index contributed by atoms with van der Waals surface area (Å²) in [5.41, 5.74) is 3.40. The molecular formula is C27H24F2N2O2S. The summed E-state index contributed by atoms with van der Waals surface area (Å²) in [6.45, 7) is 1.31. The first-order valence-corrected chi connectivity index (χ1v) is 12.4. The van der Waals surface area contributed by atoms with Crippen LogP contribution in [0.2, 0.25) is 0 Å². The highest BCUT2D eigenvalue weighted by Crippen LogP contribution is 2.36. The molecule has 1 aliphatic heterocycles. The van der Waals surface area contributed by atoms with Crippen LogP contribution in [0.3, 0.4) is 0 Å². The first-order chi connectivity index (χ1) is 16.6. The van der Waals surface area contributed by atoms with E-state index >= 15 is 0 Å². The summed E-state index contributed by atoms with van der Waals surface area (Å²) in [5.74, 6) is 0.669. The van der Waals surface area contributed by atoms with Crippen LogP contribution in [0.25, 0.3) is 11.1 Å². The van der Waals surface area contributed by atoms with Gasteiger partial charge in [-0.2, -0.15) is 0 Å². The molecule has 34 heavy (non-hydrogen) atoms. The average Bonchev–Trinajstić information content (AvgIpc) is 3.30. The second kappa shape index (κ2) is 9.97. The van der Waals surface area contributed by atoms with Gasteiger partial charge in [0.1, 0.15) is 17.2 Å². The molecule has 174 valence electrons. The third kappa shape index (κ3) is 4.99. The largest absolute Gasteiger partial charge is 0.440 e. The smallest absolute Gasteiger partial charge is 0.232 e. The summed E-state index contributed by atoms with van der Waals surface area (Å²) in [6, 6.07) is 20.2. The first kappa shape index (κ1) is 22.6. The number of carbonyl (C=O) groups is 1. The molecule has 0 saturated carbocycles. The van der Waals surface area contributed by atoms with E-state index in [1.165, 1.54) is 36.0 Å². The Morgan fingerprint density at radius 2 is 1.53 bits per heavy atom. The molecule has 2 heterocycles. The molecule has 0 bridgehead atoms. The monoisotopic (exact) mass is 478 g/mol. The Labute approximate surface area is 201 Å². The molecule has 1 aliphatic rings. The van der Waals surface area contributed by atoms with Gasteiger partial charge in [0.2, 0.25) is 5.91 Å². The average molecular weight is 479 g/mol. The topological polar surface area (TPSA) is 46.3 Å². The number of benzene rings is 3. The lowest BCUT2D eigenvalue weighted by Gasteiger charge is -2.31. The highest BCUT2D eigenvalue weighted by Gasteiger charge is 2.28. The normalized spacial score (nSPS) is 14.7. The molecule has 3 aromatic carbocycles. The second-order valence-corrected chi connectivity index (χ2v) is 9.56. The maximum Gasteiger partial charge on any atom is 0.232 e. The number of aromatic nitrogens is 1. The Balaban J connectivity index is 1.22. The number of carbonyl (C=O) groups excluding carboxylic acids is 1. The van der Waals surface area contributed by atoms with Crippen molar-refractivity contribution in [1.82, 2.24) is 9.88 Å². The van der Waals surface area contributed by atoms with E-state index in [0.717, 1.165) is 41.0 Å². The number of piperidine rings is 1. The van der Waals surface area contributed by atoms with E-state index < -0.39 is 0 Å². The third-order valence-corrected chi connectivity index (χ3v) is 7.52.